The van der Waals surface area contributed by atoms with Gasteiger partial charge in [-0.15, -0.1) is 0 Å². The maximum atomic E-state index is 13.9. The van der Waals surface area contributed by atoms with Gasteiger partial charge in [0.25, 0.3) is 0 Å². The maximum absolute atomic E-state index is 13.9. The Hall–Kier alpha value is -1.77. The molecule has 0 atom stereocenters. The van der Waals surface area contributed by atoms with E-state index in [1.807, 2.05) is 12.1 Å². The maximum Gasteiger partial charge on any atom is 0.584 e. The third-order valence-electron chi connectivity index (χ3n) is 11.8. The summed E-state index contributed by atoms with van der Waals surface area (Å²) in [6.45, 7) is 4.66. The number of phosphoric ester groups is 1. The summed E-state index contributed by atoms with van der Waals surface area (Å²) >= 11 is 0. The van der Waals surface area contributed by atoms with Crippen LogP contribution in [0.2, 0.25) is 0 Å². The second-order valence-corrected chi connectivity index (χ2v) is 16.4. The minimum atomic E-state index is -4.45. The predicted octanol–water partition coefficient (Wildman–Crippen LogP) is 11.8. The van der Waals surface area contributed by atoms with E-state index in [0.717, 1.165) is 36.8 Å². The van der Waals surface area contributed by atoms with E-state index in [2.05, 4.69) is 38.1 Å². The van der Waals surface area contributed by atoms with Gasteiger partial charge in [0.05, 0.1) is 0 Å². The Labute approximate surface area is 261 Å². The Kier molecular flexibility index (Phi) is 9.66. The lowest BCUT2D eigenvalue weighted by Crippen LogP contribution is -2.27. The number of benzene rings is 2. The topological polar surface area (TPSA) is 55.8 Å². The molecule has 43 heavy (non-hydrogen) atoms. The van der Waals surface area contributed by atoms with Crippen LogP contribution in [0.3, 0.4) is 0 Å². The minimum absolute atomic E-state index is 0.0549. The first-order valence-corrected chi connectivity index (χ1v) is 19.3. The molecule has 4 nitrogen and oxygen atoms in total. The highest BCUT2D eigenvalue weighted by Crippen LogP contribution is 2.53. The van der Waals surface area contributed by atoms with Crippen molar-refractivity contribution < 1.29 is 18.5 Å². The first-order valence-electron chi connectivity index (χ1n) is 17.8. The van der Waals surface area contributed by atoms with Crippen LogP contribution in [0.1, 0.15) is 176 Å². The van der Waals surface area contributed by atoms with Crippen molar-refractivity contribution in [3.8, 4) is 11.5 Å². The summed E-state index contributed by atoms with van der Waals surface area (Å²) in [4.78, 5) is 11.4. The van der Waals surface area contributed by atoms with Gasteiger partial charge in [-0.1, -0.05) is 115 Å². The Balaban J connectivity index is 1.31. The molecule has 6 rings (SSSR count). The molecule has 0 bridgehead atoms. The number of hydrogen-bond acceptors (Lipinski definition) is 3. The van der Waals surface area contributed by atoms with Gasteiger partial charge < -0.3 is 9.05 Å². The predicted molar refractivity (Wildman–Crippen MR) is 176 cm³/mol. The zero-order valence-electron chi connectivity index (χ0n) is 26.9. The van der Waals surface area contributed by atoms with Gasteiger partial charge in [-0.3, -0.25) is 4.89 Å². The molecule has 2 aromatic carbocycles. The van der Waals surface area contributed by atoms with E-state index in [9.17, 15) is 9.46 Å². The molecule has 4 saturated carbocycles. The number of rotatable bonds is 8. The van der Waals surface area contributed by atoms with Crippen molar-refractivity contribution in [1.29, 1.82) is 0 Å². The molecule has 236 valence electrons. The molecule has 0 saturated heterocycles. The molecule has 0 unspecified atom stereocenters. The highest BCUT2D eigenvalue weighted by molar-refractivity contribution is 7.48. The molecule has 0 aromatic heterocycles. The Bertz CT molecular complexity index is 1180. The van der Waals surface area contributed by atoms with Gasteiger partial charge in [-0.2, -0.15) is 0 Å². The average molecular weight is 607 g/mol. The SMILES string of the molecule is CC1(c2cc(C3CCCCC3)ccc2OP(=O)(O)Oc2ccc(C3CCCCC3)cc2C2(C)CCCCC2)CCCCC1. The van der Waals surface area contributed by atoms with E-state index < -0.39 is 7.82 Å². The number of hydrogen-bond donors (Lipinski definition) is 1. The molecule has 4 fully saturated rings. The van der Waals surface area contributed by atoms with Crippen molar-refractivity contribution in [1.82, 2.24) is 0 Å². The summed E-state index contributed by atoms with van der Waals surface area (Å²) in [7, 11) is -4.45. The Morgan fingerprint density at radius 1 is 0.581 bits per heavy atom. The van der Waals surface area contributed by atoms with Crippen LogP contribution in [0.5, 0.6) is 11.5 Å². The molecule has 4 aliphatic rings. The highest BCUT2D eigenvalue weighted by Gasteiger charge is 2.38. The van der Waals surface area contributed by atoms with Crippen molar-refractivity contribution in [3.05, 3.63) is 58.7 Å². The molecule has 1 N–H and O–H groups in total. The van der Waals surface area contributed by atoms with Gasteiger partial charge in [0, 0.05) is 11.1 Å². The van der Waals surface area contributed by atoms with Gasteiger partial charge in [-0.05, 0) is 97.3 Å². The molecule has 0 heterocycles. The average Bonchev–Trinajstić information content (AvgIpc) is 3.02. The van der Waals surface area contributed by atoms with Crippen molar-refractivity contribution in [3.63, 3.8) is 0 Å². The van der Waals surface area contributed by atoms with Gasteiger partial charge in [0.15, 0.2) is 0 Å². The van der Waals surface area contributed by atoms with Crippen LogP contribution in [-0.4, -0.2) is 4.89 Å². The lowest BCUT2D eigenvalue weighted by atomic mass is 9.69. The smallest absolute Gasteiger partial charge is 0.395 e. The van der Waals surface area contributed by atoms with E-state index in [0.29, 0.717) is 23.3 Å². The molecule has 4 aliphatic carbocycles. The van der Waals surface area contributed by atoms with Crippen LogP contribution in [0.25, 0.3) is 0 Å². The quantitative estimate of drug-likeness (QED) is 0.304. The zero-order chi connectivity index (χ0) is 29.9. The second kappa shape index (κ2) is 13.3. The third-order valence-corrected chi connectivity index (χ3v) is 12.7. The summed E-state index contributed by atoms with van der Waals surface area (Å²) in [5.74, 6) is 2.21. The molecule has 0 amide bonds. The van der Waals surface area contributed by atoms with Gasteiger partial charge in [-0.25, -0.2) is 4.57 Å². The van der Waals surface area contributed by atoms with Crippen LogP contribution in [0.15, 0.2) is 36.4 Å². The fourth-order valence-electron chi connectivity index (χ4n) is 9.05. The first kappa shape index (κ1) is 31.2. The fraction of sp³-hybridized carbons (Fsp3) is 0.684. The Morgan fingerprint density at radius 2 is 0.930 bits per heavy atom. The lowest BCUT2D eigenvalue weighted by Gasteiger charge is -2.37. The van der Waals surface area contributed by atoms with E-state index in [1.54, 1.807) is 0 Å². The lowest BCUT2D eigenvalue weighted by molar-refractivity contribution is 0.270. The Morgan fingerprint density at radius 3 is 1.30 bits per heavy atom. The fourth-order valence-corrected chi connectivity index (χ4v) is 9.90. The zero-order valence-corrected chi connectivity index (χ0v) is 27.8. The molecule has 0 spiro atoms. The third kappa shape index (κ3) is 7.22. The molecular weight excluding hydrogens is 551 g/mol. The normalized spacial score (nSPS) is 23.5. The first-order chi connectivity index (χ1) is 20.7. The van der Waals surface area contributed by atoms with Gasteiger partial charge in [0.2, 0.25) is 0 Å². The van der Waals surface area contributed by atoms with Crippen molar-refractivity contribution in [2.24, 2.45) is 0 Å². The summed E-state index contributed by atoms with van der Waals surface area (Å²) < 4.78 is 26.1. The van der Waals surface area contributed by atoms with E-state index in [4.69, 9.17) is 9.05 Å². The van der Waals surface area contributed by atoms with Crippen molar-refractivity contribution in [2.75, 3.05) is 0 Å². The van der Waals surface area contributed by atoms with Crippen molar-refractivity contribution >= 4 is 7.82 Å². The second-order valence-electron chi connectivity index (χ2n) is 15.1. The molecule has 0 radical (unpaired) electrons. The van der Waals surface area contributed by atoms with Crippen LogP contribution < -0.4 is 9.05 Å². The molecule has 0 aliphatic heterocycles. The standard InChI is InChI=1S/C38H55O4P/c1-37(23-11-5-12-24-37)33-27-31(29-15-7-3-8-16-29)19-21-35(33)41-43(39,40)42-36-22-20-32(30-17-9-4-10-18-30)28-34(36)38(2)25-13-6-14-26-38/h19-22,27-30H,3-18,23-26H2,1-2H3,(H,39,40). The largest absolute Gasteiger partial charge is 0.584 e. The molecular formula is C38H55O4P. The summed E-state index contributed by atoms with van der Waals surface area (Å²) in [6, 6.07) is 12.9. The summed E-state index contributed by atoms with van der Waals surface area (Å²) in [6.07, 6.45) is 24.3. The summed E-state index contributed by atoms with van der Waals surface area (Å²) in [5, 5.41) is 0. The monoisotopic (exact) mass is 606 g/mol. The van der Waals surface area contributed by atoms with Gasteiger partial charge >= 0.3 is 7.82 Å². The molecule has 5 heteroatoms. The van der Waals surface area contributed by atoms with Gasteiger partial charge in [0.1, 0.15) is 11.5 Å². The van der Waals surface area contributed by atoms with Crippen LogP contribution >= 0.6 is 7.82 Å². The van der Waals surface area contributed by atoms with Crippen LogP contribution in [0.4, 0.5) is 0 Å². The van der Waals surface area contributed by atoms with Crippen molar-refractivity contribution in [2.45, 2.75) is 165 Å². The van der Waals surface area contributed by atoms with Crippen LogP contribution in [0, 0.1) is 0 Å². The van der Waals surface area contributed by atoms with Crippen LogP contribution in [-0.2, 0) is 15.4 Å². The minimum Gasteiger partial charge on any atom is -0.395 e. The van der Waals surface area contributed by atoms with E-state index in [1.165, 1.54) is 114 Å². The molecule has 2 aromatic rings. The highest BCUT2D eigenvalue weighted by atomic mass is 31.2. The number of phosphoric acid groups is 1. The van der Waals surface area contributed by atoms with E-state index in [-0.39, 0.29) is 10.8 Å². The van der Waals surface area contributed by atoms with E-state index >= 15 is 0 Å². The summed E-state index contributed by atoms with van der Waals surface area (Å²) in [5.41, 5.74) is 4.82.